The quantitative estimate of drug-likeness (QED) is 0.116. The number of rotatable bonds is 2. The van der Waals surface area contributed by atoms with Gasteiger partial charge in [0.15, 0.2) is 0 Å². The molecule has 0 unspecified atom stereocenters. The lowest BCUT2D eigenvalue weighted by Gasteiger charge is -2.32. The maximum atomic E-state index is 14.8. The Balaban J connectivity index is 1.69. The van der Waals surface area contributed by atoms with Crippen LogP contribution >= 0.6 is 11.6 Å². The molecule has 0 atom stereocenters. The van der Waals surface area contributed by atoms with Crippen molar-refractivity contribution in [3.8, 4) is 23.2 Å². The first-order valence-corrected chi connectivity index (χ1v) is 12.9. The number of aromatic amines is 1. The third kappa shape index (κ3) is 4.65. The van der Waals surface area contributed by atoms with Crippen molar-refractivity contribution in [2.75, 3.05) is 0 Å². The lowest BCUT2D eigenvalue weighted by atomic mass is 9.88. The van der Waals surface area contributed by atoms with Gasteiger partial charge in [-0.1, -0.05) is 65.9 Å². The highest BCUT2D eigenvalue weighted by Crippen LogP contribution is 2.51. The van der Waals surface area contributed by atoms with Crippen molar-refractivity contribution in [1.29, 1.82) is 0 Å². The van der Waals surface area contributed by atoms with E-state index in [1.54, 1.807) is 36.4 Å². The zero-order valence-electron chi connectivity index (χ0n) is 21.5. The van der Waals surface area contributed by atoms with Gasteiger partial charge in [0.2, 0.25) is 0 Å². The largest absolute Gasteiger partial charge is 0.430 e. The first-order chi connectivity index (χ1) is 20.3. The summed E-state index contributed by atoms with van der Waals surface area (Å²) in [7, 11) is 0. The molecule has 0 fully saturated rings. The number of aliphatic hydroxyl groups is 1. The summed E-state index contributed by atoms with van der Waals surface area (Å²) in [5.74, 6) is 5.23. The van der Waals surface area contributed by atoms with E-state index in [1.807, 2.05) is 6.07 Å². The Morgan fingerprint density at radius 2 is 1.35 bits per heavy atom. The second-order valence-electron chi connectivity index (χ2n) is 9.75. The highest BCUT2D eigenvalue weighted by atomic mass is 35.5. The molecule has 2 N–H and O–H groups in total. The lowest BCUT2D eigenvalue weighted by molar-refractivity contribution is -0.376. The van der Waals surface area contributed by atoms with Gasteiger partial charge in [0.1, 0.15) is 11.6 Å². The highest BCUT2D eigenvalue weighted by molar-refractivity contribution is 6.33. The molecule has 0 spiro atoms. The Kier molecular flexibility index (Phi) is 6.64. The van der Waals surface area contributed by atoms with Gasteiger partial charge in [-0.05, 0) is 53.2 Å². The van der Waals surface area contributed by atoms with E-state index in [0.29, 0.717) is 34.2 Å². The molecule has 216 valence electrons. The molecule has 5 aromatic carbocycles. The average molecular weight is 613 g/mol. The van der Waals surface area contributed by atoms with Gasteiger partial charge in [-0.15, -0.1) is 0 Å². The van der Waals surface area contributed by atoms with Crippen molar-refractivity contribution in [2.24, 2.45) is 0 Å². The Morgan fingerprint density at radius 3 is 2.02 bits per heavy atom. The summed E-state index contributed by atoms with van der Waals surface area (Å²) < 4.78 is 97.5. The summed E-state index contributed by atoms with van der Waals surface area (Å²) in [5.41, 5.74) is -5.03. The van der Waals surface area contributed by atoms with Gasteiger partial charge >= 0.3 is 12.4 Å². The van der Waals surface area contributed by atoms with E-state index in [1.165, 1.54) is 24.3 Å². The number of fused-ring (bicyclic) bond motifs is 6. The average Bonchev–Trinajstić information content (AvgIpc) is 3.40. The van der Waals surface area contributed by atoms with Crippen molar-refractivity contribution in [3.05, 3.63) is 112 Å². The van der Waals surface area contributed by atoms with Crippen molar-refractivity contribution < 1.29 is 35.8 Å². The minimum Gasteiger partial charge on any atom is -0.369 e. The second-order valence-corrected chi connectivity index (χ2v) is 10.2. The van der Waals surface area contributed by atoms with Gasteiger partial charge in [0.25, 0.3) is 5.60 Å². The lowest BCUT2D eigenvalue weighted by Crippen LogP contribution is -2.53. The molecule has 1 heterocycles. The Labute approximate surface area is 243 Å². The van der Waals surface area contributed by atoms with Crippen LogP contribution in [0.3, 0.4) is 0 Å². The molecule has 0 aliphatic heterocycles. The molecule has 43 heavy (non-hydrogen) atoms. The number of nitrogens with one attached hydrogen (secondary N) is 1. The van der Waals surface area contributed by atoms with Crippen LogP contribution in [-0.2, 0) is 5.60 Å². The number of hydrogen-bond acceptors (Lipinski definition) is 2. The molecule has 1 aromatic heterocycles. The Hall–Kier alpha value is -4.59. The molecule has 0 bridgehead atoms. The van der Waals surface area contributed by atoms with Gasteiger partial charge in [-0.3, -0.25) is 0 Å². The molecule has 0 saturated heterocycles. The van der Waals surface area contributed by atoms with Crippen LogP contribution in [0.2, 0.25) is 5.02 Å². The van der Waals surface area contributed by atoms with Crippen molar-refractivity contribution >= 4 is 44.2 Å². The number of hydrogen-bond donors (Lipinski definition) is 2. The predicted octanol–water partition coefficient (Wildman–Crippen LogP) is 9.04. The zero-order valence-corrected chi connectivity index (χ0v) is 22.3. The van der Waals surface area contributed by atoms with Gasteiger partial charge in [0.05, 0.1) is 21.6 Å². The van der Waals surface area contributed by atoms with E-state index in [9.17, 15) is 35.8 Å². The first-order valence-electron chi connectivity index (χ1n) is 12.6. The fourth-order valence-electron chi connectivity index (χ4n) is 5.02. The van der Waals surface area contributed by atoms with E-state index in [0.717, 1.165) is 6.07 Å². The maximum Gasteiger partial charge on any atom is 0.430 e. The molecule has 0 aliphatic rings. The molecule has 0 amide bonds. The normalized spacial score (nSPS) is 12.6. The molecular weight excluding hydrogens is 597 g/mol. The van der Waals surface area contributed by atoms with Crippen LogP contribution in [0.25, 0.3) is 44.0 Å². The third-order valence-electron chi connectivity index (χ3n) is 7.12. The molecule has 3 nitrogen and oxygen atoms in total. The summed E-state index contributed by atoms with van der Waals surface area (Å²) in [6, 6.07) is 19.9. The van der Waals surface area contributed by atoms with Crippen LogP contribution in [0, 0.1) is 17.7 Å². The number of alkyl halides is 6. The fraction of sp³-hybridized carbons (Fsp3) is 0.0938. The minimum absolute atomic E-state index is 0.00557. The predicted molar refractivity (Wildman–Crippen MR) is 150 cm³/mol. The number of aromatic nitrogens is 2. The summed E-state index contributed by atoms with van der Waals surface area (Å²) >= 11 is 6.23. The zero-order chi connectivity index (χ0) is 30.7. The molecule has 0 aliphatic carbocycles. The topological polar surface area (TPSA) is 48.9 Å². The Morgan fingerprint density at radius 1 is 0.698 bits per heavy atom. The molecular formula is C32H16ClF7N2O. The van der Waals surface area contributed by atoms with Crippen LogP contribution in [-0.4, -0.2) is 27.4 Å². The van der Waals surface area contributed by atoms with E-state index < -0.39 is 29.3 Å². The third-order valence-corrected chi connectivity index (χ3v) is 7.44. The highest BCUT2D eigenvalue weighted by Gasteiger charge is 2.71. The van der Waals surface area contributed by atoms with Crippen LogP contribution < -0.4 is 0 Å². The summed E-state index contributed by atoms with van der Waals surface area (Å²) in [4.78, 5) is 7.47. The molecule has 6 aromatic rings. The minimum atomic E-state index is -6.08. The number of benzene rings is 5. The maximum absolute atomic E-state index is 14.8. The number of H-pyrrole nitrogens is 1. The van der Waals surface area contributed by atoms with Crippen LogP contribution in [0.5, 0.6) is 0 Å². The van der Waals surface area contributed by atoms with E-state index in [-0.39, 0.29) is 38.1 Å². The van der Waals surface area contributed by atoms with Gasteiger partial charge in [-0.2, -0.15) is 26.3 Å². The second kappa shape index (κ2) is 10.0. The van der Waals surface area contributed by atoms with E-state index in [4.69, 9.17) is 11.6 Å². The van der Waals surface area contributed by atoms with Gasteiger partial charge in [0, 0.05) is 27.5 Å². The summed E-state index contributed by atoms with van der Waals surface area (Å²) in [6.07, 6.45) is -12.2. The molecule has 0 saturated carbocycles. The van der Waals surface area contributed by atoms with Crippen molar-refractivity contribution in [1.82, 2.24) is 9.97 Å². The van der Waals surface area contributed by atoms with E-state index in [2.05, 4.69) is 21.8 Å². The number of imidazole rings is 1. The summed E-state index contributed by atoms with van der Waals surface area (Å²) in [5, 5.41) is 10.8. The summed E-state index contributed by atoms with van der Waals surface area (Å²) in [6.45, 7) is 0. The van der Waals surface area contributed by atoms with Crippen molar-refractivity contribution in [3.63, 3.8) is 0 Å². The van der Waals surface area contributed by atoms with Crippen molar-refractivity contribution in [2.45, 2.75) is 18.0 Å². The van der Waals surface area contributed by atoms with E-state index >= 15 is 0 Å². The van der Waals surface area contributed by atoms with Crippen LogP contribution in [0.15, 0.2) is 84.9 Å². The molecule has 6 rings (SSSR count). The standard InChI is InChI=1S/C32H16ClF7N2O/c33-24-7-4-8-25(34)26(24)29-41-27-20-13-11-18(10-9-17-5-2-1-3-6-17)15-22(20)23-16-19(12-14-21(23)28(27)42-29)30(43,31(35,36)37)32(38,39)40/h1-8,11-16,43H,(H,41,42). The fourth-order valence-corrected chi connectivity index (χ4v) is 5.27. The van der Waals surface area contributed by atoms with Gasteiger partial charge in [-0.25, -0.2) is 9.37 Å². The molecule has 0 radical (unpaired) electrons. The first kappa shape index (κ1) is 28.5. The van der Waals surface area contributed by atoms with Gasteiger partial charge < -0.3 is 10.1 Å². The monoisotopic (exact) mass is 612 g/mol. The van der Waals surface area contributed by atoms with Crippen LogP contribution in [0.4, 0.5) is 30.7 Å². The Bertz CT molecular complexity index is 2070. The SMILES string of the molecule is OC(c1ccc2c(c1)c1cc(C#Cc3ccccc3)ccc1c1[nH]c(-c3c(F)cccc3Cl)nc21)(C(F)(F)F)C(F)(F)F. The number of nitrogens with zero attached hydrogens (tertiary/aromatic N) is 1. The van der Waals surface area contributed by atoms with Crippen LogP contribution in [0.1, 0.15) is 16.7 Å². The molecule has 11 heteroatoms. The number of halogens is 8. The smallest absolute Gasteiger partial charge is 0.369 e.